The Hall–Kier alpha value is -2.90. The first kappa shape index (κ1) is 24.7. The van der Waals surface area contributed by atoms with Crippen LogP contribution in [-0.4, -0.2) is 34.2 Å². The van der Waals surface area contributed by atoms with E-state index in [0.717, 1.165) is 17.6 Å². The van der Waals surface area contributed by atoms with Gasteiger partial charge in [0.25, 0.3) is 15.9 Å². The highest BCUT2D eigenvalue weighted by Crippen LogP contribution is 2.33. The first-order chi connectivity index (χ1) is 15.2. The molecule has 1 amide bonds. The molecular weight excluding hydrogens is 488 g/mol. The molecule has 0 aliphatic heterocycles. The van der Waals surface area contributed by atoms with Crippen molar-refractivity contribution >= 4 is 54.5 Å². The largest absolute Gasteiger partial charge is 0.359 e. The van der Waals surface area contributed by atoms with E-state index >= 15 is 0 Å². The first-order valence-electron chi connectivity index (χ1n) is 9.64. The Balaban J connectivity index is 1.96. The molecule has 0 spiro atoms. The number of benzene rings is 1. The Bertz CT molecular complexity index is 1450. The second-order valence-corrected chi connectivity index (χ2v) is 12.0. The number of nitrogens with one attached hydrogen (secondary N) is 3. The summed E-state index contributed by atoms with van der Waals surface area (Å²) in [6.07, 6.45) is 1.04. The lowest BCUT2D eigenvalue weighted by molar-refractivity contribution is 0.102. The van der Waals surface area contributed by atoms with Gasteiger partial charge in [-0.15, -0.1) is 11.3 Å². The number of hydrogen-bond donors (Lipinski definition) is 3. The van der Waals surface area contributed by atoms with E-state index in [1.165, 1.54) is 11.4 Å². The quantitative estimate of drug-likeness (QED) is 0.437. The Morgan fingerprint density at radius 2 is 1.61 bits per heavy atom. The molecular formula is C20H24N4O6S3. The molecule has 178 valence electrons. The molecule has 0 unspecified atom stereocenters. The lowest BCUT2D eigenvalue weighted by Crippen LogP contribution is -2.20. The Morgan fingerprint density at radius 3 is 2.18 bits per heavy atom. The summed E-state index contributed by atoms with van der Waals surface area (Å²) in [5.41, 5.74) is 3.19. The molecule has 10 nitrogen and oxygen atoms in total. The average molecular weight is 513 g/mol. The number of anilines is 3. The van der Waals surface area contributed by atoms with Gasteiger partial charge in [0, 0.05) is 11.3 Å². The number of hydrogen-bond acceptors (Lipinski definition) is 8. The number of carbonyl (C=O) groups is 1. The molecule has 0 saturated heterocycles. The van der Waals surface area contributed by atoms with Crippen LogP contribution in [0, 0.1) is 34.6 Å². The summed E-state index contributed by atoms with van der Waals surface area (Å²) in [6, 6.07) is 3.06. The smallest absolute Gasteiger partial charge is 0.267 e. The summed E-state index contributed by atoms with van der Waals surface area (Å²) in [6.45, 7) is 8.51. The first-order valence-corrected chi connectivity index (χ1v) is 13.9. The van der Waals surface area contributed by atoms with Crippen molar-refractivity contribution in [1.29, 1.82) is 0 Å². The third kappa shape index (κ3) is 5.20. The molecule has 0 fully saturated rings. The maximum absolute atomic E-state index is 13.1. The van der Waals surface area contributed by atoms with Gasteiger partial charge in [-0.2, -0.15) is 0 Å². The maximum Gasteiger partial charge on any atom is 0.267 e. The van der Waals surface area contributed by atoms with Crippen LogP contribution in [0.3, 0.4) is 0 Å². The van der Waals surface area contributed by atoms with Crippen molar-refractivity contribution in [2.24, 2.45) is 0 Å². The minimum absolute atomic E-state index is 0.0302. The second kappa shape index (κ2) is 8.80. The van der Waals surface area contributed by atoms with Crippen molar-refractivity contribution in [3.8, 4) is 0 Å². The number of amides is 1. The van der Waals surface area contributed by atoms with Crippen LogP contribution in [0.2, 0.25) is 0 Å². The fourth-order valence-electron chi connectivity index (χ4n) is 3.26. The molecule has 3 N–H and O–H groups in total. The summed E-state index contributed by atoms with van der Waals surface area (Å²) in [7, 11) is -7.66. The van der Waals surface area contributed by atoms with Crippen LogP contribution >= 0.6 is 11.3 Å². The topological polar surface area (TPSA) is 147 Å². The van der Waals surface area contributed by atoms with Crippen molar-refractivity contribution < 1.29 is 26.2 Å². The van der Waals surface area contributed by atoms with Crippen molar-refractivity contribution in [2.75, 3.05) is 21.0 Å². The summed E-state index contributed by atoms with van der Waals surface area (Å²) in [4.78, 5) is 12.8. The molecule has 0 saturated carbocycles. The Kier molecular flexibility index (Phi) is 6.60. The molecule has 0 atom stereocenters. The van der Waals surface area contributed by atoms with Crippen LogP contribution in [0.4, 0.5) is 17.2 Å². The van der Waals surface area contributed by atoms with Crippen molar-refractivity contribution in [1.82, 2.24) is 5.16 Å². The van der Waals surface area contributed by atoms with E-state index in [1.807, 2.05) is 0 Å². The zero-order valence-corrected chi connectivity index (χ0v) is 21.3. The van der Waals surface area contributed by atoms with Crippen LogP contribution < -0.4 is 14.8 Å². The number of sulfonamides is 2. The van der Waals surface area contributed by atoms with Gasteiger partial charge >= 0.3 is 0 Å². The highest BCUT2D eigenvalue weighted by Gasteiger charge is 2.27. The van der Waals surface area contributed by atoms with E-state index in [0.29, 0.717) is 39.4 Å². The van der Waals surface area contributed by atoms with E-state index in [2.05, 4.69) is 19.9 Å². The van der Waals surface area contributed by atoms with Gasteiger partial charge in [0.1, 0.15) is 15.5 Å². The van der Waals surface area contributed by atoms with Gasteiger partial charge in [-0.3, -0.25) is 14.2 Å². The van der Waals surface area contributed by atoms with Gasteiger partial charge in [0.15, 0.2) is 5.82 Å². The fourth-order valence-corrected chi connectivity index (χ4v) is 6.33. The fraction of sp³-hybridized carbons (Fsp3) is 0.300. The molecule has 3 aromatic rings. The van der Waals surface area contributed by atoms with Gasteiger partial charge in [0.05, 0.1) is 11.9 Å². The number of rotatable bonds is 7. The summed E-state index contributed by atoms with van der Waals surface area (Å²) in [5.74, 6) is -0.120. The summed E-state index contributed by atoms with van der Waals surface area (Å²) >= 11 is 0.966. The third-order valence-electron chi connectivity index (χ3n) is 5.01. The average Bonchev–Trinajstić information content (AvgIpc) is 3.31. The standard InChI is InChI=1S/C20H24N4O6S3/c1-10-9-11(2)17(23-32(6,26)27)13(4)16(10)21-20(25)18-15(7-8-31-18)33(28,29)24-19-12(3)14(5)30-22-19/h7-9,23H,1-6H3,(H,21,25)(H,22,24). The molecule has 1 aromatic carbocycles. The lowest BCUT2D eigenvalue weighted by Gasteiger charge is -2.18. The van der Waals surface area contributed by atoms with Crippen LogP contribution in [0.25, 0.3) is 0 Å². The Morgan fingerprint density at radius 1 is 0.970 bits per heavy atom. The SMILES string of the molecule is Cc1cc(C)c(NS(C)(=O)=O)c(C)c1NC(=O)c1sccc1S(=O)(=O)Nc1noc(C)c1C. The molecule has 0 bridgehead atoms. The van der Waals surface area contributed by atoms with Crippen LogP contribution in [0.5, 0.6) is 0 Å². The van der Waals surface area contributed by atoms with Crippen molar-refractivity contribution in [2.45, 2.75) is 39.5 Å². The van der Waals surface area contributed by atoms with Crippen molar-refractivity contribution in [3.63, 3.8) is 0 Å². The summed E-state index contributed by atoms with van der Waals surface area (Å²) < 4.78 is 59.2. The highest BCUT2D eigenvalue weighted by atomic mass is 32.2. The van der Waals surface area contributed by atoms with Crippen molar-refractivity contribution in [3.05, 3.63) is 50.4 Å². The second-order valence-electron chi connectivity index (χ2n) is 7.65. The van der Waals surface area contributed by atoms with E-state index in [4.69, 9.17) is 4.52 Å². The van der Waals surface area contributed by atoms with Crippen LogP contribution in [0.15, 0.2) is 26.9 Å². The van der Waals surface area contributed by atoms with Gasteiger partial charge in [-0.25, -0.2) is 16.8 Å². The minimum atomic E-state index is -4.12. The third-order valence-corrected chi connectivity index (χ3v) is 8.01. The molecule has 0 aliphatic rings. The van der Waals surface area contributed by atoms with Gasteiger partial charge < -0.3 is 9.84 Å². The van der Waals surface area contributed by atoms with Gasteiger partial charge in [-0.1, -0.05) is 11.2 Å². The molecule has 13 heteroatoms. The van der Waals surface area contributed by atoms with Crippen LogP contribution in [-0.2, 0) is 20.0 Å². The summed E-state index contributed by atoms with van der Waals surface area (Å²) in [5, 5.41) is 7.94. The van der Waals surface area contributed by atoms with E-state index in [1.54, 1.807) is 40.7 Å². The number of aromatic nitrogens is 1. The Labute approximate surface area is 196 Å². The highest BCUT2D eigenvalue weighted by molar-refractivity contribution is 7.93. The molecule has 33 heavy (non-hydrogen) atoms. The van der Waals surface area contributed by atoms with E-state index in [9.17, 15) is 21.6 Å². The molecule has 2 aromatic heterocycles. The van der Waals surface area contributed by atoms with Gasteiger partial charge in [0.2, 0.25) is 10.0 Å². The predicted octanol–water partition coefficient (Wildman–Crippen LogP) is 3.70. The zero-order chi connectivity index (χ0) is 24.7. The number of aryl methyl sites for hydroxylation is 3. The number of carbonyl (C=O) groups excluding carboxylic acids is 1. The lowest BCUT2D eigenvalue weighted by atomic mass is 10.0. The maximum atomic E-state index is 13.1. The molecule has 2 heterocycles. The van der Waals surface area contributed by atoms with E-state index < -0.39 is 26.0 Å². The number of thiophene rings is 1. The predicted molar refractivity (Wildman–Crippen MR) is 128 cm³/mol. The molecule has 0 radical (unpaired) electrons. The van der Waals surface area contributed by atoms with Gasteiger partial charge in [-0.05, 0) is 62.8 Å². The molecule has 0 aliphatic carbocycles. The normalized spacial score (nSPS) is 11.9. The van der Waals surface area contributed by atoms with Crippen LogP contribution in [0.1, 0.15) is 37.7 Å². The van der Waals surface area contributed by atoms with E-state index in [-0.39, 0.29) is 15.6 Å². The molecule has 3 rings (SSSR count). The number of nitrogens with zero attached hydrogens (tertiary/aromatic N) is 1. The zero-order valence-electron chi connectivity index (χ0n) is 18.9. The minimum Gasteiger partial charge on any atom is -0.359 e. The monoisotopic (exact) mass is 512 g/mol.